The number of amides is 3. The number of alkyl carbamates (subject to hydrolysis) is 1. The summed E-state index contributed by atoms with van der Waals surface area (Å²) in [7, 11) is 0. The number of nitrogens with one attached hydrogen (secondary N) is 1. The molecule has 1 aliphatic carbocycles. The summed E-state index contributed by atoms with van der Waals surface area (Å²) in [5.41, 5.74) is -0.144. The Morgan fingerprint density at radius 1 is 1.11 bits per heavy atom. The van der Waals surface area contributed by atoms with Gasteiger partial charge in [0.2, 0.25) is 5.91 Å². The third kappa shape index (κ3) is 6.62. The number of allylic oxidation sites excluding steroid dienone is 3. The number of rotatable bonds is 6. The highest BCUT2D eigenvalue weighted by Crippen LogP contribution is 2.42. The fourth-order valence-electron chi connectivity index (χ4n) is 5.88. The Balaban J connectivity index is 1.71. The normalized spacial score (nSPS) is 26.2. The number of nitrogens with zero attached hydrogens (tertiary/aromatic N) is 2. The molecule has 3 unspecified atom stereocenters. The van der Waals surface area contributed by atoms with E-state index in [-0.39, 0.29) is 30.6 Å². The van der Waals surface area contributed by atoms with Crippen LogP contribution in [0.15, 0.2) is 23.8 Å². The fourth-order valence-corrected chi connectivity index (χ4v) is 5.88. The van der Waals surface area contributed by atoms with Crippen LogP contribution in [0, 0.1) is 5.92 Å². The standard InChI is InChI=1S/C28H45N3O5/c1-7-8-12-20(2)19-35-26(34)31-17-15-22-28(31,6)16-18-30(22)24(32)23(21-13-10-9-11-14-21)29-25(33)36-27(3,4)5/h7-8,12,21-23H,9-11,13-19H2,1-6H3,(H,29,33). The summed E-state index contributed by atoms with van der Waals surface area (Å²) >= 11 is 0. The molecule has 3 atom stereocenters. The monoisotopic (exact) mass is 503 g/mol. The molecule has 8 heteroatoms. The first kappa shape index (κ1) is 28.1. The summed E-state index contributed by atoms with van der Waals surface area (Å²) in [5, 5.41) is 2.93. The van der Waals surface area contributed by atoms with Crippen molar-refractivity contribution >= 4 is 18.1 Å². The first-order valence-corrected chi connectivity index (χ1v) is 13.5. The molecule has 2 heterocycles. The van der Waals surface area contributed by atoms with Gasteiger partial charge in [0.1, 0.15) is 18.2 Å². The van der Waals surface area contributed by atoms with E-state index in [4.69, 9.17) is 9.47 Å². The Kier molecular flexibility index (Phi) is 9.12. The predicted octanol–water partition coefficient (Wildman–Crippen LogP) is 5.18. The van der Waals surface area contributed by atoms with Gasteiger partial charge in [0.05, 0.1) is 11.6 Å². The molecule has 8 nitrogen and oxygen atoms in total. The summed E-state index contributed by atoms with van der Waals surface area (Å²) in [6.45, 7) is 12.7. The highest BCUT2D eigenvalue weighted by Gasteiger charge is 2.56. The molecule has 3 aliphatic rings. The van der Waals surface area contributed by atoms with Crippen LogP contribution in [0.25, 0.3) is 0 Å². The van der Waals surface area contributed by atoms with E-state index in [9.17, 15) is 14.4 Å². The maximum absolute atomic E-state index is 13.9. The van der Waals surface area contributed by atoms with Gasteiger partial charge in [0, 0.05) is 13.1 Å². The van der Waals surface area contributed by atoms with Crippen molar-refractivity contribution < 1.29 is 23.9 Å². The van der Waals surface area contributed by atoms with Crippen molar-refractivity contribution in [3.8, 4) is 0 Å². The minimum absolute atomic E-state index is 0.0539. The number of likely N-dealkylation sites (tertiary alicyclic amines) is 2. The molecule has 202 valence electrons. The molecule has 36 heavy (non-hydrogen) atoms. The molecule has 0 aromatic heterocycles. The smallest absolute Gasteiger partial charge is 0.410 e. The summed E-state index contributed by atoms with van der Waals surface area (Å²) < 4.78 is 11.1. The van der Waals surface area contributed by atoms with E-state index >= 15 is 0 Å². The van der Waals surface area contributed by atoms with E-state index in [1.165, 1.54) is 0 Å². The van der Waals surface area contributed by atoms with Crippen LogP contribution in [0.3, 0.4) is 0 Å². The second-order valence-corrected chi connectivity index (χ2v) is 11.7. The lowest BCUT2D eigenvalue weighted by Crippen LogP contribution is -2.56. The Morgan fingerprint density at radius 3 is 2.44 bits per heavy atom. The van der Waals surface area contributed by atoms with E-state index < -0.39 is 23.3 Å². The minimum atomic E-state index is -0.636. The zero-order valence-electron chi connectivity index (χ0n) is 23.0. The second-order valence-electron chi connectivity index (χ2n) is 11.7. The zero-order valence-corrected chi connectivity index (χ0v) is 23.0. The molecular weight excluding hydrogens is 458 g/mol. The minimum Gasteiger partial charge on any atom is -0.445 e. The van der Waals surface area contributed by atoms with E-state index in [0.717, 1.165) is 37.7 Å². The number of fused-ring (bicyclic) bond motifs is 1. The number of carbonyl (C=O) groups is 3. The summed E-state index contributed by atoms with van der Waals surface area (Å²) in [6, 6.07) is -0.702. The molecule has 3 rings (SSSR count). The molecule has 0 bridgehead atoms. The van der Waals surface area contributed by atoms with Gasteiger partial charge < -0.3 is 24.6 Å². The Morgan fingerprint density at radius 2 is 1.81 bits per heavy atom. The predicted molar refractivity (Wildman–Crippen MR) is 139 cm³/mol. The third-order valence-electron chi connectivity index (χ3n) is 7.76. The maximum Gasteiger partial charge on any atom is 0.410 e. The van der Waals surface area contributed by atoms with Gasteiger partial charge in [-0.3, -0.25) is 4.79 Å². The molecule has 0 spiro atoms. The second kappa shape index (κ2) is 11.7. The van der Waals surface area contributed by atoms with Crippen molar-refractivity contribution in [3.05, 3.63) is 23.8 Å². The number of hydrogen-bond donors (Lipinski definition) is 1. The summed E-state index contributed by atoms with van der Waals surface area (Å²) in [6.07, 6.45) is 11.4. The van der Waals surface area contributed by atoms with E-state index in [2.05, 4.69) is 12.2 Å². The van der Waals surface area contributed by atoms with Gasteiger partial charge >= 0.3 is 12.2 Å². The molecule has 3 amide bonds. The first-order valence-electron chi connectivity index (χ1n) is 13.5. The molecule has 3 fully saturated rings. The zero-order chi connectivity index (χ0) is 26.5. The van der Waals surface area contributed by atoms with Gasteiger partial charge in [-0.05, 0) is 78.7 Å². The Labute approximate surface area is 216 Å². The van der Waals surface area contributed by atoms with Crippen molar-refractivity contribution in [1.29, 1.82) is 0 Å². The number of ether oxygens (including phenoxy) is 2. The van der Waals surface area contributed by atoms with Crippen LogP contribution >= 0.6 is 0 Å². The van der Waals surface area contributed by atoms with Crippen LogP contribution < -0.4 is 5.32 Å². The summed E-state index contributed by atoms with van der Waals surface area (Å²) in [5.74, 6) is 0.0434. The van der Waals surface area contributed by atoms with E-state index in [1.807, 2.05) is 57.7 Å². The fraction of sp³-hybridized carbons (Fsp3) is 0.750. The van der Waals surface area contributed by atoms with Gasteiger partial charge in [-0.15, -0.1) is 0 Å². The van der Waals surface area contributed by atoms with Crippen LogP contribution in [0.1, 0.15) is 86.5 Å². The average Bonchev–Trinajstić information content (AvgIpc) is 3.33. The topological polar surface area (TPSA) is 88.2 Å². The number of carbonyl (C=O) groups excluding carboxylic acids is 3. The van der Waals surface area contributed by atoms with E-state index in [1.54, 1.807) is 4.90 Å². The Bertz CT molecular complexity index is 871. The van der Waals surface area contributed by atoms with Gasteiger partial charge in [-0.25, -0.2) is 9.59 Å². The van der Waals surface area contributed by atoms with Crippen molar-refractivity contribution in [3.63, 3.8) is 0 Å². The van der Waals surface area contributed by atoms with Crippen molar-refractivity contribution in [2.45, 2.75) is 110 Å². The molecule has 0 aromatic carbocycles. The SMILES string of the molecule is CC=CC=C(C)COC(=O)N1CCC2N(C(=O)C(NC(=O)OC(C)(C)C)C3CCCCC3)CCC21C. The van der Waals surface area contributed by atoms with Gasteiger partial charge in [0.15, 0.2) is 0 Å². The van der Waals surface area contributed by atoms with Crippen LogP contribution in [0.5, 0.6) is 0 Å². The molecule has 1 saturated carbocycles. The maximum atomic E-state index is 13.9. The number of hydrogen-bond acceptors (Lipinski definition) is 5. The highest BCUT2D eigenvalue weighted by atomic mass is 16.6. The van der Waals surface area contributed by atoms with Crippen molar-refractivity contribution in [2.24, 2.45) is 5.92 Å². The van der Waals surface area contributed by atoms with Crippen molar-refractivity contribution in [2.75, 3.05) is 19.7 Å². The molecule has 1 N–H and O–H groups in total. The van der Waals surface area contributed by atoms with Gasteiger partial charge in [-0.2, -0.15) is 0 Å². The van der Waals surface area contributed by atoms with Gasteiger partial charge in [-0.1, -0.05) is 37.5 Å². The quantitative estimate of drug-likeness (QED) is 0.504. The van der Waals surface area contributed by atoms with Crippen LogP contribution in [0.2, 0.25) is 0 Å². The van der Waals surface area contributed by atoms with Crippen LogP contribution in [-0.2, 0) is 14.3 Å². The largest absolute Gasteiger partial charge is 0.445 e. The molecule has 2 saturated heterocycles. The van der Waals surface area contributed by atoms with E-state index in [0.29, 0.717) is 25.9 Å². The average molecular weight is 504 g/mol. The molecule has 2 aliphatic heterocycles. The highest BCUT2D eigenvalue weighted by molar-refractivity contribution is 5.87. The molecule has 0 radical (unpaired) electrons. The molecule has 0 aromatic rings. The van der Waals surface area contributed by atoms with Crippen LogP contribution in [-0.4, -0.2) is 70.8 Å². The lowest BCUT2D eigenvalue weighted by molar-refractivity contribution is -0.136. The van der Waals surface area contributed by atoms with Crippen LogP contribution in [0.4, 0.5) is 9.59 Å². The Hall–Kier alpha value is -2.51. The lowest BCUT2D eigenvalue weighted by Gasteiger charge is -2.37. The first-order chi connectivity index (χ1) is 17.0. The summed E-state index contributed by atoms with van der Waals surface area (Å²) in [4.78, 5) is 43.3. The molecular formula is C28H45N3O5. The third-order valence-corrected chi connectivity index (χ3v) is 7.76. The van der Waals surface area contributed by atoms with Gasteiger partial charge in [0.25, 0.3) is 0 Å². The van der Waals surface area contributed by atoms with Crippen molar-refractivity contribution in [1.82, 2.24) is 15.1 Å². The lowest BCUT2D eigenvalue weighted by atomic mass is 9.83.